The van der Waals surface area contributed by atoms with Crippen LogP contribution in [0, 0.1) is 0 Å². The van der Waals surface area contributed by atoms with E-state index < -0.39 is 18.1 Å². The fraction of sp³-hybridized carbons (Fsp3) is 0.500. The summed E-state index contributed by atoms with van der Waals surface area (Å²) >= 11 is 0. The molecular formula is C12H17N3O3. The molecule has 6 heteroatoms. The van der Waals surface area contributed by atoms with Crippen molar-refractivity contribution in [3.8, 4) is 0 Å². The molecule has 2 atom stereocenters. The van der Waals surface area contributed by atoms with Gasteiger partial charge >= 0.3 is 0 Å². The second-order valence-electron chi connectivity index (χ2n) is 4.31. The Morgan fingerprint density at radius 1 is 1.67 bits per heavy atom. The number of carbonyl (C=O) groups excluding carboxylic acids is 1. The highest BCUT2D eigenvalue weighted by molar-refractivity contribution is 5.83. The zero-order chi connectivity index (χ0) is 13.1. The van der Waals surface area contributed by atoms with Crippen LogP contribution in [0.2, 0.25) is 0 Å². The van der Waals surface area contributed by atoms with Gasteiger partial charge in [0.25, 0.3) is 0 Å². The molecule has 2 rings (SSSR count). The number of nitrogens with zero attached hydrogens (tertiary/aromatic N) is 2. The first kappa shape index (κ1) is 12.8. The molecule has 0 radical (unpaired) electrons. The minimum Gasteiger partial charge on any atom is -0.389 e. The van der Waals surface area contributed by atoms with Crippen LogP contribution in [0.25, 0.3) is 0 Å². The molecule has 1 aliphatic rings. The molecule has 0 aromatic carbocycles. The van der Waals surface area contributed by atoms with Crippen molar-refractivity contribution >= 4 is 11.7 Å². The number of primary amides is 1. The summed E-state index contributed by atoms with van der Waals surface area (Å²) in [5.41, 5.74) is 6.08. The van der Waals surface area contributed by atoms with Gasteiger partial charge in [-0.15, -0.1) is 0 Å². The Hall–Kier alpha value is -1.66. The number of pyridine rings is 1. The molecular weight excluding hydrogens is 234 g/mol. The molecule has 6 nitrogen and oxygen atoms in total. The monoisotopic (exact) mass is 251 g/mol. The average molecular weight is 251 g/mol. The molecule has 1 saturated heterocycles. The van der Waals surface area contributed by atoms with Crippen molar-refractivity contribution in [2.45, 2.75) is 19.1 Å². The zero-order valence-corrected chi connectivity index (χ0v) is 10.2. The number of morpholine rings is 1. The van der Waals surface area contributed by atoms with Crippen LogP contribution >= 0.6 is 0 Å². The van der Waals surface area contributed by atoms with Crippen molar-refractivity contribution in [3.05, 3.63) is 23.9 Å². The van der Waals surface area contributed by atoms with Gasteiger partial charge in [-0.05, 0) is 18.6 Å². The summed E-state index contributed by atoms with van der Waals surface area (Å²) in [6.07, 6.45) is 1.05. The summed E-state index contributed by atoms with van der Waals surface area (Å²) in [4.78, 5) is 17.4. The molecule has 98 valence electrons. The van der Waals surface area contributed by atoms with Gasteiger partial charge in [-0.25, -0.2) is 4.98 Å². The molecule has 1 amide bonds. The molecule has 1 aromatic heterocycles. The SMILES string of the molecule is CC(O)c1ccc(N2CCOCC2C(N)=O)nc1. The Morgan fingerprint density at radius 3 is 3.00 bits per heavy atom. The van der Waals surface area contributed by atoms with E-state index in [-0.39, 0.29) is 6.61 Å². The second kappa shape index (κ2) is 5.32. The molecule has 1 aliphatic heterocycles. The van der Waals surface area contributed by atoms with E-state index in [1.807, 2.05) is 4.90 Å². The van der Waals surface area contributed by atoms with Crippen molar-refractivity contribution in [1.29, 1.82) is 0 Å². The highest BCUT2D eigenvalue weighted by Gasteiger charge is 2.28. The minimum absolute atomic E-state index is 0.287. The number of amides is 1. The van der Waals surface area contributed by atoms with Crippen LogP contribution < -0.4 is 10.6 Å². The Morgan fingerprint density at radius 2 is 2.44 bits per heavy atom. The molecule has 1 aromatic rings. The van der Waals surface area contributed by atoms with Crippen molar-refractivity contribution in [3.63, 3.8) is 0 Å². The van der Waals surface area contributed by atoms with Crippen LogP contribution in [0.1, 0.15) is 18.6 Å². The van der Waals surface area contributed by atoms with Crippen LogP contribution in [-0.2, 0) is 9.53 Å². The predicted octanol–water partition coefficient (Wildman–Crippen LogP) is -0.175. The third kappa shape index (κ3) is 2.60. The predicted molar refractivity (Wildman–Crippen MR) is 66.0 cm³/mol. The maximum absolute atomic E-state index is 11.3. The Bertz CT molecular complexity index is 419. The number of carbonyl (C=O) groups is 1. The van der Waals surface area contributed by atoms with Crippen LogP contribution in [0.5, 0.6) is 0 Å². The van der Waals surface area contributed by atoms with Gasteiger partial charge in [0, 0.05) is 12.7 Å². The standard InChI is InChI=1S/C12H17N3O3/c1-8(16)9-2-3-11(14-6-9)15-4-5-18-7-10(15)12(13)17/h2-3,6,8,10,16H,4-5,7H2,1H3,(H2,13,17). The Labute approximate surface area is 105 Å². The van der Waals surface area contributed by atoms with Gasteiger partial charge in [0.05, 0.1) is 19.3 Å². The summed E-state index contributed by atoms with van der Waals surface area (Å²) in [7, 11) is 0. The van der Waals surface area contributed by atoms with Gasteiger partial charge in [0.1, 0.15) is 11.9 Å². The lowest BCUT2D eigenvalue weighted by Gasteiger charge is -2.34. The first-order chi connectivity index (χ1) is 8.59. The molecule has 2 unspecified atom stereocenters. The summed E-state index contributed by atoms with van der Waals surface area (Å²) in [6.45, 7) is 3.09. The van der Waals surface area contributed by atoms with E-state index in [0.717, 1.165) is 5.56 Å². The largest absolute Gasteiger partial charge is 0.389 e. The Kier molecular flexibility index (Phi) is 3.78. The normalized spacial score (nSPS) is 21.7. The van der Waals surface area contributed by atoms with Gasteiger partial charge in [-0.2, -0.15) is 0 Å². The Balaban J connectivity index is 2.20. The van der Waals surface area contributed by atoms with Crippen molar-refractivity contribution in [2.24, 2.45) is 5.73 Å². The highest BCUT2D eigenvalue weighted by Crippen LogP contribution is 2.19. The third-order valence-corrected chi connectivity index (χ3v) is 3.00. The van der Waals surface area contributed by atoms with Crippen LogP contribution in [0.3, 0.4) is 0 Å². The number of hydrogen-bond acceptors (Lipinski definition) is 5. The third-order valence-electron chi connectivity index (χ3n) is 3.00. The highest BCUT2D eigenvalue weighted by atomic mass is 16.5. The van der Waals surface area contributed by atoms with E-state index in [4.69, 9.17) is 10.5 Å². The molecule has 3 N–H and O–H groups in total. The molecule has 0 spiro atoms. The van der Waals surface area contributed by atoms with Crippen LogP contribution in [0.4, 0.5) is 5.82 Å². The quantitative estimate of drug-likeness (QED) is 0.778. The van der Waals surface area contributed by atoms with E-state index >= 15 is 0 Å². The number of nitrogens with two attached hydrogens (primary N) is 1. The summed E-state index contributed by atoms with van der Waals surface area (Å²) < 4.78 is 5.25. The molecule has 0 aliphatic carbocycles. The van der Waals surface area contributed by atoms with Gasteiger partial charge in [-0.1, -0.05) is 6.07 Å². The summed E-state index contributed by atoms with van der Waals surface area (Å²) in [5, 5.41) is 9.42. The molecule has 1 fully saturated rings. The van der Waals surface area contributed by atoms with Gasteiger partial charge in [0.2, 0.25) is 5.91 Å². The van der Waals surface area contributed by atoms with E-state index in [1.165, 1.54) is 0 Å². The van der Waals surface area contributed by atoms with E-state index in [0.29, 0.717) is 19.0 Å². The number of aromatic nitrogens is 1. The molecule has 2 heterocycles. The van der Waals surface area contributed by atoms with E-state index in [9.17, 15) is 9.90 Å². The van der Waals surface area contributed by atoms with Crippen molar-refractivity contribution in [1.82, 2.24) is 4.98 Å². The number of aliphatic hydroxyl groups is 1. The fourth-order valence-corrected chi connectivity index (χ4v) is 1.93. The lowest BCUT2D eigenvalue weighted by molar-refractivity contribution is -0.121. The minimum atomic E-state index is -0.553. The topological polar surface area (TPSA) is 88.7 Å². The molecule has 18 heavy (non-hydrogen) atoms. The van der Waals surface area contributed by atoms with Gasteiger partial charge in [0.15, 0.2) is 0 Å². The average Bonchev–Trinajstić information content (AvgIpc) is 2.39. The summed E-state index contributed by atoms with van der Waals surface area (Å²) in [5.74, 6) is 0.252. The van der Waals surface area contributed by atoms with Gasteiger partial charge in [-0.3, -0.25) is 4.79 Å². The van der Waals surface area contributed by atoms with Crippen molar-refractivity contribution in [2.75, 3.05) is 24.7 Å². The number of hydrogen-bond donors (Lipinski definition) is 2. The second-order valence-corrected chi connectivity index (χ2v) is 4.31. The number of rotatable bonds is 3. The van der Waals surface area contributed by atoms with Crippen LogP contribution in [0.15, 0.2) is 18.3 Å². The maximum atomic E-state index is 11.3. The molecule has 0 bridgehead atoms. The van der Waals surface area contributed by atoms with E-state index in [2.05, 4.69) is 4.98 Å². The van der Waals surface area contributed by atoms with Crippen molar-refractivity contribution < 1.29 is 14.6 Å². The maximum Gasteiger partial charge on any atom is 0.242 e. The van der Waals surface area contributed by atoms with E-state index in [1.54, 1.807) is 25.3 Å². The smallest absolute Gasteiger partial charge is 0.242 e. The zero-order valence-electron chi connectivity index (χ0n) is 10.2. The fourth-order valence-electron chi connectivity index (χ4n) is 1.93. The number of aliphatic hydroxyl groups excluding tert-OH is 1. The lowest BCUT2D eigenvalue weighted by atomic mass is 10.1. The first-order valence-electron chi connectivity index (χ1n) is 5.87. The van der Waals surface area contributed by atoms with Crippen LogP contribution in [-0.4, -0.2) is 41.8 Å². The number of anilines is 1. The lowest BCUT2D eigenvalue weighted by Crippen LogP contribution is -2.53. The number of ether oxygens (including phenoxy) is 1. The molecule has 0 saturated carbocycles. The van der Waals surface area contributed by atoms with Gasteiger partial charge < -0.3 is 20.5 Å². The first-order valence-corrected chi connectivity index (χ1v) is 5.87. The summed E-state index contributed by atoms with van der Waals surface area (Å²) in [6, 6.07) is 3.09.